The van der Waals surface area contributed by atoms with E-state index < -0.39 is 4.92 Å². The number of aromatic nitrogens is 3. The number of hydrogen-bond donors (Lipinski definition) is 2. The van der Waals surface area contributed by atoms with Crippen LogP contribution >= 0.6 is 11.8 Å². The van der Waals surface area contributed by atoms with E-state index >= 15 is 0 Å². The normalized spacial score (nSPS) is 10.3. The van der Waals surface area contributed by atoms with Crippen LogP contribution in [0.3, 0.4) is 0 Å². The number of hydrogen-bond acceptors (Lipinski definition) is 7. The van der Waals surface area contributed by atoms with E-state index in [1.165, 1.54) is 12.1 Å². The molecule has 0 saturated carbocycles. The van der Waals surface area contributed by atoms with Crippen molar-refractivity contribution < 1.29 is 4.92 Å². The van der Waals surface area contributed by atoms with E-state index in [0.717, 1.165) is 11.8 Å². The summed E-state index contributed by atoms with van der Waals surface area (Å²) >= 11 is 1.11. The molecule has 0 amide bonds. The summed E-state index contributed by atoms with van der Waals surface area (Å²) in [6.07, 6.45) is 3.36. The van der Waals surface area contributed by atoms with E-state index in [2.05, 4.69) is 15.4 Å². The van der Waals surface area contributed by atoms with Crippen LogP contribution in [-0.4, -0.2) is 19.5 Å². The number of nitrogens with two attached hydrogens (primary N) is 1. The molecule has 2 aromatic heterocycles. The standard InChI is InChI=1S/C9H10N6O2S/c1-14-5-4-11-9(14)18-8-6(15(16)17)2-3-7(12-8)13-10/h2-5H,10H2,1H3,(H,12,13). The van der Waals surface area contributed by atoms with Crippen molar-refractivity contribution in [2.24, 2.45) is 12.9 Å². The van der Waals surface area contributed by atoms with Crippen molar-refractivity contribution in [3.05, 3.63) is 34.6 Å². The zero-order chi connectivity index (χ0) is 13.1. The van der Waals surface area contributed by atoms with Crippen LogP contribution in [0.25, 0.3) is 0 Å². The van der Waals surface area contributed by atoms with Crippen molar-refractivity contribution in [1.82, 2.24) is 14.5 Å². The van der Waals surface area contributed by atoms with Crippen LogP contribution in [0.5, 0.6) is 0 Å². The fourth-order valence-electron chi connectivity index (χ4n) is 1.26. The predicted molar refractivity (Wildman–Crippen MR) is 66.0 cm³/mol. The molecule has 18 heavy (non-hydrogen) atoms. The van der Waals surface area contributed by atoms with Gasteiger partial charge in [-0.15, -0.1) is 0 Å². The van der Waals surface area contributed by atoms with Gasteiger partial charge in [0.15, 0.2) is 10.2 Å². The lowest BCUT2D eigenvalue weighted by atomic mass is 10.4. The average molecular weight is 266 g/mol. The maximum atomic E-state index is 10.9. The number of nitrogens with one attached hydrogen (secondary N) is 1. The second-order valence-electron chi connectivity index (χ2n) is 3.35. The minimum absolute atomic E-state index is 0.0815. The molecule has 94 valence electrons. The highest BCUT2D eigenvalue weighted by Gasteiger charge is 2.18. The zero-order valence-corrected chi connectivity index (χ0v) is 10.2. The summed E-state index contributed by atoms with van der Waals surface area (Å²) in [5.41, 5.74) is 2.27. The Morgan fingerprint density at radius 1 is 1.56 bits per heavy atom. The Morgan fingerprint density at radius 2 is 2.33 bits per heavy atom. The third kappa shape index (κ3) is 2.41. The zero-order valence-electron chi connectivity index (χ0n) is 9.40. The molecular formula is C9H10N6O2S. The summed E-state index contributed by atoms with van der Waals surface area (Å²) in [5.74, 6) is 5.59. The van der Waals surface area contributed by atoms with Crippen LogP contribution in [0, 0.1) is 10.1 Å². The third-order valence-electron chi connectivity index (χ3n) is 2.15. The molecule has 0 atom stereocenters. The second kappa shape index (κ2) is 5.02. The van der Waals surface area contributed by atoms with Gasteiger partial charge >= 0.3 is 5.69 Å². The molecule has 0 spiro atoms. The summed E-state index contributed by atoms with van der Waals surface area (Å²) in [4.78, 5) is 18.6. The van der Waals surface area contributed by atoms with Gasteiger partial charge in [-0.3, -0.25) is 10.1 Å². The van der Waals surface area contributed by atoms with Crippen molar-refractivity contribution in [2.45, 2.75) is 10.2 Å². The van der Waals surface area contributed by atoms with Gasteiger partial charge in [0.25, 0.3) is 0 Å². The highest BCUT2D eigenvalue weighted by atomic mass is 32.2. The largest absolute Gasteiger partial charge is 0.329 e. The topological polar surface area (TPSA) is 112 Å². The Hall–Kier alpha value is -2.13. The van der Waals surface area contributed by atoms with E-state index in [-0.39, 0.29) is 10.7 Å². The Balaban J connectivity index is 2.41. The average Bonchev–Trinajstić information content (AvgIpc) is 2.74. The molecule has 0 aliphatic rings. The number of imidazole rings is 1. The van der Waals surface area contributed by atoms with Crippen LogP contribution in [0.1, 0.15) is 0 Å². The quantitative estimate of drug-likeness (QED) is 0.485. The molecule has 0 fully saturated rings. The molecule has 0 unspecified atom stereocenters. The molecule has 3 N–H and O–H groups in total. The van der Waals surface area contributed by atoms with Gasteiger partial charge < -0.3 is 9.99 Å². The molecular weight excluding hydrogens is 256 g/mol. The van der Waals surface area contributed by atoms with Gasteiger partial charge in [-0.05, 0) is 17.8 Å². The van der Waals surface area contributed by atoms with Gasteiger partial charge in [-0.2, -0.15) is 0 Å². The fraction of sp³-hybridized carbons (Fsp3) is 0.111. The molecule has 9 heteroatoms. The highest BCUT2D eigenvalue weighted by Crippen LogP contribution is 2.32. The van der Waals surface area contributed by atoms with Crippen LogP contribution < -0.4 is 11.3 Å². The number of hydrazine groups is 1. The lowest BCUT2D eigenvalue weighted by molar-refractivity contribution is -0.388. The predicted octanol–water partition coefficient (Wildman–Crippen LogP) is 1.16. The first-order valence-electron chi connectivity index (χ1n) is 4.89. The van der Waals surface area contributed by atoms with Gasteiger partial charge in [0.1, 0.15) is 5.82 Å². The summed E-state index contributed by atoms with van der Waals surface area (Å²) in [5, 5.41) is 11.8. The van der Waals surface area contributed by atoms with E-state index in [0.29, 0.717) is 11.0 Å². The van der Waals surface area contributed by atoms with Crippen molar-refractivity contribution >= 4 is 23.3 Å². The molecule has 2 heterocycles. The first kappa shape index (κ1) is 12.3. The molecule has 8 nitrogen and oxygen atoms in total. The van der Waals surface area contributed by atoms with E-state index in [1.54, 1.807) is 24.0 Å². The Labute approximate surface area is 106 Å². The Bertz CT molecular complexity index is 584. The molecule has 0 aliphatic carbocycles. The lowest BCUT2D eigenvalue weighted by Gasteiger charge is -2.04. The Kier molecular flexibility index (Phi) is 3.44. The number of pyridine rings is 1. The molecule has 2 rings (SSSR count). The smallest absolute Gasteiger partial charge is 0.301 e. The maximum absolute atomic E-state index is 10.9. The van der Waals surface area contributed by atoms with Crippen LogP contribution in [-0.2, 0) is 7.05 Å². The summed E-state index contributed by atoms with van der Waals surface area (Å²) in [6.45, 7) is 0. The summed E-state index contributed by atoms with van der Waals surface area (Å²) in [6, 6.07) is 2.80. The van der Waals surface area contributed by atoms with Crippen LogP contribution in [0.15, 0.2) is 34.7 Å². The van der Waals surface area contributed by atoms with Crippen molar-refractivity contribution in [3.63, 3.8) is 0 Å². The van der Waals surface area contributed by atoms with Crippen molar-refractivity contribution in [1.29, 1.82) is 0 Å². The van der Waals surface area contributed by atoms with Crippen LogP contribution in [0.2, 0.25) is 0 Å². The third-order valence-corrected chi connectivity index (χ3v) is 3.22. The summed E-state index contributed by atoms with van der Waals surface area (Å²) in [7, 11) is 1.80. The first-order valence-corrected chi connectivity index (χ1v) is 5.70. The molecule has 0 aliphatic heterocycles. The van der Waals surface area contributed by atoms with E-state index in [4.69, 9.17) is 5.84 Å². The van der Waals surface area contributed by atoms with Crippen molar-refractivity contribution in [3.8, 4) is 0 Å². The molecule has 0 saturated heterocycles. The number of nitrogen functional groups attached to an aromatic ring is 1. The Morgan fingerprint density at radius 3 is 2.89 bits per heavy atom. The highest BCUT2D eigenvalue weighted by molar-refractivity contribution is 7.99. The minimum Gasteiger partial charge on any atom is -0.329 e. The van der Waals surface area contributed by atoms with Gasteiger partial charge in [0.2, 0.25) is 0 Å². The van der Waals surface area contributed by atoms with Gasteiger partial charge in [-0.1, -0.05) is 0 Å². The number of anilines is 1. The molecule has 0 radical (unpaired) electrons. The lowest BCUT2D eigenvalue weighted by Crippen LogP contribution is -2.09. The first-order chi connectivity index (χ1) is 8.61. The number of rotatable bonds is 4. The SMILES string of the molecule is Cn1ccnc1Sc1nc(NN)ccc1[N+](=O)[O-]. The van der Waals surface area contributed by atoms with E-state index in [1.807, 2.05) is 0 Å². The van der Waals surface area contributed by atoms with Crippen LogP contribution in [0.4, 0.5) is 11.5 Å². The van der Waals surface area contributed by atoms with Gasteiger partial charge in [-0.25, -0.2) is 15.8 Å². The summed E-state index contributed by atoms with van der Waals surface area (Å²) < 4.78 is 1.75. The van der Waals surface area contributed by atoms with Crippen molar-refractivity contribution in [2.75, 3.05) is 5.43 Å². The molecule has 0 bridgehead atoms. The molecule has 0 aromatic carbocycles. The van der Waals surface area contributed by atoms with Gasteiger partial charge in [0, 0.05) is 25.5 Å². The number of aryl methyl sites for hydroxylation is 1. The second-order valence-corrected chi connectivity index (χ2v) is 4.30. The molecule has 2 aromatic rings. The van der Waals surface area contributed by atoms with Gasteiger partial charge in [0.05, 0.1) is 4.92 Å². The monoisotopic (exact) mass is 266 g/mol. The number of nitro groups is 1. The minimum atomic E-state index is -0.488. The maximum Gasteiger partial charge on any atom is 0.301 e. The fourth-order valence-corrected chi connectivity index (χ4v) is 2.15. The van der Waals surface area contributed by atoms with E-state index in [9.17, 15) is 10.1 Å². The number of nitrogens with zero attached hydrogens (tertiary/aromatic N) is 4.